The van der Waals surface area contributed by atoms with Crippen LogP contribution in [-0.2, 0) is 6.61 Å². The van der Waals surface area contributed by atoms with E-state index in [1.54, 1.807) is 36.4 Å². The van der Waals surface area contributed by atoms with Gasteiger partial charge in [-0.15, -0.1) is 24.8 Å². The van der Waals surface area contributed by atoms with E-state index in [9.17, 15) is 0 Å². The molecule has 0 aliphatic carbocycles. The minimum Gasteiger partial charge on any atom is -0.493 e. The van der Waals surface area contributed by atoms with Crippen molar-refractivity contribution < 1.29 is 24.6 Å². The molecule has 0 bridgehead atoms. The van der Waals surface area contributed by atoms with Gasteiger partial charge in [0.05, 0.1) is 14.2 Å². The Kier molecular flexibility index (Phi) is 10.4. The van der Waals surface area contributed by atoms with Crippen LogP contribution < -0.4 is 25.7 Å². The summed E-state index contributed by atoms with van der Waals surface area (Å²) in [6.45, 7) is 0.228. The van der Waals surface area contributed by atoms with Gasteiger partial charge in [0.25, 0.3) is 0 Å². The molecule has 0 aromatic heterocycles. The van der Waals surface area contributed by atoms with Crippen LogP contribution in [0, 0.1) is 0 Å². The Labute approximate surface area is 174 Å². The third kappa shape index (κ3) is 5.73. The molecular weight excluding hydrogens is 411 g/mol. The highest BCUT2D eigenvalue weighted by atomic mass is 35.5. The highest BCUT2D eigenvalue weighted by Crippen LogP contribution is 2.39. The summed E-state index contributed by atoms with van der Waals surface area (Å²) in [7, 11) is 2.95. The molecule has 154 valence electrons. The lowest BCUT2D eigenvalue weighted by Gasteiger charge is -2.16. The third-order valence-corrected chi connectivity index (χ3v) is 3.60. The average Bonchev–Trinajstić information content (AvgIpc) is 2.70. The van der Waals surface area contributed by atoms with E-state index in [2.05, 4.69) is 10.3 Å². The molecule has 0 spiro atoms. The van der Waals surface area contributed by atoms with Gasteiger partial charge in [-0.3, -0.25) is 0 Å². The second-order valence-electron chi connectivity index (χ2n) is 5.17. The van der Waals surface area contributed by atoms with Gasteiger partial charge in [-0.1, -0.05) is 34.6 Å². The van der Waals surface area contributed by atoms with Crippen LogP contribution in [-0.4, -0.2) is 36.3 Å². The van der Waals surface area contributed by atoms with Crippen LogP contribution in [0.15, 0.2) is 46.7 Å². The molecular formula is C17H22Cl2N4O5. The predicted octanol–water partition coefficient (Wildman–Crippen LogP) is 2.32. The van der Waals surface area contributed by atoms with E-state index in [0.717, 1.165) is 5.56 Å². The molecule has 0 amide bonds. The van der Waals surface area contributed by atoms with E-state index in [0.29, 0.717) is 28.4 Å². The highest BCUT2D eigenvalue weighted by molar-refractivity contribution is 5.98. The normalized spacial score (nSPS) is 11.1. The molecule has 0 aliphatic heterocycles. The molecule has 0 atom stereocenters. The molecule has 2 aromatic carbocycles. The summed E-state index contributed by atoms with van der Waals surface area (Å²) < 4.78 is 16.5. The van der Waals surface area contributed by atoms with Gasteiger partial charge in [-0.25, -0.2) is 0 Å². The molecule has 6 N–H and O–H groups in total. The minimum atomic E-state index is -0.0770. The van der Waals surface area contributed by atoms with Crippen LogP contribution in [0.4, 0.5) is 0 Å². The number of halogens is 2. The van der Waals surface area contributed by atoms with Crippen LogP contribution in [0.2, 0.25) is 0 Å². The van der Waals surface area contributed by atoms with Crippen LogP contribution in [0.1, 0.15) is 16.7 Å². The zero-order valence-corrected chi connectivity index (χ0v) is 16.8. The number of oxime groups is 2. The lowest BCUT2D eigenvalue weighted by Crippen LogP contribution is -2.14. The van der Waals surface area contributed by atoms with Crippen LogP contribution in [0.5, 0.6) is 17.2 Å². The van der Waals surface area contributed by atoms with Gasteiger partial charge in [0.1, 0.15) is 6.61 Å². The van der Waals surface area contributed by atoms with Gasteiger partial charge < -0.3 is 36.1 Å². The van der Waals surface area contributed by atoms with Crippen molar-refractivity contribution in [3.8, 4) is 17.2 Å². The van der Waals surface area contributed by atoms with E-state index in [-0.39, 0.29) is 43.1 Å². The zero-order valence-electron chi connectivity index (χ0n) is 15.2. The van der Waals surface area contributed by atoms with Gasteiger partial charge in [0.2, 0.25) is 5.75 Å². The van der Waals surface area contributed by atoms with Crippen LogP contribution in [0.3, 0.4) is 0 Å². The maximum Gasteiger partial charge on any atom is 0.203 e. The summed E-state index contributed by atoms with van der Waals surface area (Å²) >= 11 is 0. The number of benzene rings is 2. The number of methoxy groups -OCH3 is 2. The van der Waals surface area contributed by atoms with Gasteiger partial charge >= 0.3 is 0 Å². The average molecular weight is 433 g/mol. The predicted molar refractivity (Wildman–Crippen MR) is 110 cm³/mol. The maximum atomic E-state index is 8.83. The molecule has 2 aromatic rings. The summed E-state index contributed by atoms with van der Waals surface area (Å²) in [6.07, 6.45) is 0. The van der Waals surface area contributed by atoms with E-state index in [1.165, 1.54) is 14.2 Å². The van der Waals surface area contributed by atoms with E-state index in [1.807, 2.05) is 0 Å². The Morgan fingerprint density at radius 3 is 1.75 bits per heavy atom. The first kappa shape index (κ1) is 25.0. The summed E-state index contributed by atoms with van der Waals surface area (Å²) in [5.41, 5.74) is 13.0. The molecule has 9 nitrogen and oxygen atoms in total. The second kappa shape index (κ2) is 11.6. The first-order chi connectivity index (χ1) is 12.5. The number of rotatable bonds is 7. The van der Waals surface area contributed by atoms with Crippen molar-refractivity contribution in [2.24, 2.45) is 21.8 Å². The molecule has 11 heteroatoms. The molecule has 0 fully saturated rings. The van der Waals surface area contributed by atoms with Gasteiger partial charge in [0, 0.05) is 11.1 Å². The van der Waals surface area contributed by atoms with E-state index >= 15 is 0 Å². The maximum absolute atomic E-state index is 8.83. The third-order valence-electron chi connectivity index (χ3n) is 3.60. The van der Waals surface area contributed by atoms with Crippen molar-refractivity contribution >= 4 is 36.5 Å². The number of hydrogen-bond donors (Lipinski definition) is 4. The van der Waals surface area contributed by atoms with Crippen molar-refractivity contribution in [1.82, 2.24) is 0 Å². The number of nitrogens with two attached hydrogens (primary N) is 2. The molecule has 2 rings (SSSR count). The zero-order chi connectivity index (χ0) is 19.1. The summed E-state index contributed by atoms with van der Waals surface area (Å²) in [5, 5.41) is 23.4. The molecule has 0 aliphatic rings. The largest absolute Gasteiger partial charge is 0.493 e. The quantitative estimate of drug-likeness (QED) is 0.227. The van der Waals surface area contributed by atoms with Gasteiger partial charge in [0.15, 0.2) is 23.2 Å². The van der Waals surface area contributed by atoms with Crippen molar-refractivity contribution in [3.63, 3.8) is 0 Å². The highest BCUT2D eigenvalue weighted by Gasteiger charge is 2.16. The first-order valence-electron chi connectivity index (χ1n) is 7.47. The first-order valence-corrected chi connectivity index (χ1v) is 7.47. The van der Waals surface area contributed by atoms with Crippen molar-refractivity contribution in [2.45, 2.75) is 6.61 Å². The number of amidine groups is 2. The Bertz CT molecular complexity index is 804. The van der Waals surface area contributed by atoms with E-state index in [4.69, 9.17) is 36.1 Å². The number of ether oxygens (including phenoxy) is 3. The number of hydrogen-bond acceptors (Lipinski definition) is 7. The Morgan fingerprint density at radius 2 is 1.32 bits per heavy atom. The van der Waals surface area contributed by atoms with Crippen molar-refractivity contribution in [3.05, 3.63) is 53.1 Å². The summed E-state index contributed by atoms with van der Waals surface area (Å²) in [4.78, 5) is 0. The lowest BCUT2D eigenvalue weighted by atomic mass is 10.1. The Hall–Kier alpha value is -3.04. The molecule has 0 saturated carbocycles. The van der Waals surface area contributed by atoms with Gasteiger partial charge in [-0.05, 0) is 17.7 Å². The topological polar surface area (TPSA) is 145 Å². The Balaban J connectivity index is 0.00000364. The lowest BCUT2D eigenvalue weighted by molar-refractivity contribution is 0.266. The Morgan fingerprint density at radius 1 is 0.857 bits per heavy atom. The number of nitrogens with zero attached hydrogens (tertiary/aromatic N) is 2. The van der Waals surface area contributed by atoms with Crippen molar-refractivity contribution in [2.75, 3.05) is 14.2 Å². The smallest absolute Gasteiger partial charge is 0.203 e. The van der Waals surface area contributed by atoms with E-state index < -0.39 is 0 Å². The van der Waals surface area contributed by atoms with Crippen LogP contribution in [0.25, 0.3) is 0 Å². The standard InChI is InChI=1S/C17H20N4O5.2ClH/c1-24-13-7-12(17(19)21-23)8-14(25-2)15(13)26-9-10-3-5-11(6-4-10)16(18)20-22;;/h3-8,22-23H,9H2,1-2H3,(H2,18,20)(H2,19,21);2*1H. The molecule has 28 heavy (non-hydrogen) atoms. The van der Waals surface area contributed by atoms with Gasteiger partial charge in [-0.2, -0.15) is 0 Å². The summed E-state index contributed by atoms with van der Waals surface area (Å²) in [5.74, 6) is 1.08. The summed E-state index contributed by atoms with van der Waals surface area (Å²) in [6, 6.07) is 10.2. The fourth-order valence-electron chi connectivity index (χ4n) is 2.21. The second-order valence-corrected chi connectivity index (χ2v) is 5.17. The molecule has 0 unspecified atom stereocenters. The monoisotopic (exact) mass is 432 g/mol. The SMILES string of the molecule is COc1cc(/C(N)=N/O)cc(OC)c1OCc1ccc(/C(N)=N/O)cc1.Cl.Cl. The molecule has 0 heterocycles. The molecule has 0 radical (unpaired) electrons. The van der Waals surface area contributed by atoms with Crippen molar-refractivity contribution in [1.29, 1.82) is 0 Å². The minimum absolute atomic E-state index is 0. The molecule has 0 saturated heterocycles. The van der Waals surface area contributed by atoms with Crippen LogP contribution >= 0.6 is 24.8 Å². The fourth-order valence-corrected chi connectivity index (χ4v) is 2.21. The fraction of sp³-hybridized carbons (Fsp3) is 0.176.